The molecule has 0 aromatic heterocycles. The minimum Gasteiger partial charge on any atom is -0.466 e. The third-order valence-electron chi connectivity index (χ3n) is 3.89. The van der Waals surface area contributed by atoms with E-state index in [2.05, 4.69) is 15.9 Å². The van der Waals surface area contributed by atoms with Crippen LogP contribution in [-0.2, 0) is 28.5 Å². The van der Waals surface area contributed by atoms with Gasteiger partial charge in [0.2, 0.25) is 0 Å². The molecule has 26 heavy (non-hydrogen) atoms. The van der Waals surface area contributed by atoms with Gasteiger partial charge in [0.15, 0.2) is 0 Å². The first-order valence-electron chi connectivity index (χ1n) is 7.49. The average molecular weight is 428 g/mol. The van der Waals surface area contributed by atoms with Crippen LogP contribution in [0.4, 0.5) is 5.69 Å². The molecular formula is C17H18BrNO7. The Morgan fingerprint density at radius 3 is 2.23 bits per heavy atom. The molecule has 0 amide bonds. The fraction of sp³-hybridized carbons (Fsp3) is 0.353. The minimum absolute atomic E-state index is 0.00184. The number of carbonyl (C=O) groups is 3. The standard InChI is InChI=1S/C17H18BrNO7/c1-9-11(18)5-6-12(13(9)16(21)24-3)19-8-26-7-10(15(20)23-2)14(19)17(22)25-4/h5-6H,7-8H2,1-4H3. The van der Waals surface area contributed by atoms with E-state index < -0.39 is 17.9 Å². The van der Waals surface area contributed by atoms with Crippen molar-refractivity contribution >= 4 is 39.5 Å². The minimum atomic E-state index is -0.745. The molecule has 0 unspecified atom stereocenters. The summed E-state index contributed by atoms with van der Waals surface area (Å²) < 4.78 is 20.5. The van der Waals surface area contributed by atoms with E-state index in [-0.39, 0.29) is 30.2 Å². The predicted molar refractivity (Wildman–Crippen MR) is 94.6 cm³/mol. The Kier molecular flexibility index (Phi) is 6.38. The first kappa shape index (κ1) is 19.9. The Labute approximate surface area is 158 Å². The summed E-state index contributed by atoms with van der Waals surface area (Å²) in [6.07, 6.45) is 0. The summed E-state index contributed by atoms with van der Waals surface area (Å²) >= 11 is 3.37. The number of methoxy groups -OCH3 is 3. The summed E-state index contributed by atoms with van der Waals surface area (Å²) in [4.78, 5) is 38.2. The fourth-order valence-corrected chi connectivity index (χ4v) is 2.92. The second-order valence-corrected chi connectivity index (χ2v) is 6.13. The molecule has 0 bridgehead atoms. The summed E-state index contributed by atoms with van der Waals surface area (Å²) in [5, 5.41) is 0. The number of halogens is 1. The molecule has 1 aliphatic rings. The first-order valence-corrected chi connectivity index (χ1v) is 8.29. The maximum absolute atomic E-state index is 12.4. The number of hydrogen-bond donors (Lipinski definition) is 0. The first-order chi connectivity index (χ1) is 12.4. The molecule has 1 aromatic rings. The highest BCUT2D eigenvalue weighted by molar-refractivity contribution is 9.10. The summed E-state index contributed by atoms with van der Waals surface area (Å²) in [5.74, 6) is -2.05. The van der Waals surface area contributed by atoms with E-state index in [0.29, 0.717) is 15.7 Å². The maximum atomic E-state index is 12.4. The predicted octanol–water partition coefficient (Wildman–Crippen LogP) is 1.94. The Bertz CT molecular complexity index is 788. The summed E-state index contributed by atoms with van der Waals surface area (Å²) in [6, 6.07) is 3.34. The Morgan fingerprint density at radius 2 is 1.65 bits per heavy atom. The van der Waals surface area contributed by atoms with Crippen molar-refractivity contribution in [3.8, 4) is 0 Å². The number of nitrogens with zero attached hydrogens (tertiary/aromatic N) is 1. The number of anilines is 1. The van der Waals surface area contributed by atoms with Crippen LogP contribution in [-0.4, -0.2) is 52.6 Å². The second kappa shape index (κ2) is 8.33. The van der Waals surface area contributed by atoms with Gasteiger partial charge in [-0.25, -0.2) is 14.4 Å². The molecule has 0 saturated heterocycles. The maximum Gasteiger partial charge on any atom is 0.355 e. The molecule has 0 spiro atoms. The molecular weight excluding hydrogens is 410 g/mol. The van der Waals surface area contributed by atoms with Crippen molar-refractivity contribution in [1.29, 1.82) is 0 Å². The number of ether oxygens (including phenoxy) is 4. The van der Waals surface area contributed by atoms with Gasteiger partial charge in [0, 0.05) is 4.47 Å². The number of esters is 3. The third-order valence-corrected chi connectivity index (χ3v) is 4.75. The highest BCUT2D eigenvalue weighted by Gasteiger charge is 2.34. The quantitative estimate of drug-likeness (QED) is 0.531. The van der Waals surface area contributed by atoms with E-state index in [4.69, 9.17) is 18.9 Å². The molecule has 0 N–H and O–H groups in total. The van der Waals surface area contributed by atoms with Crippen molar-refractivity contribution in [3.63, 3.8) is 0 Å². The molecule has 8 nitrogen and oxygen atoms in total. The van der Waals surface area contributed by atoms with Gasteiger partial charge in [0.25, 0.3) is 0 Å². The van der Waals surface area contributed by atoms with Gasteiger partial charge in [-0.15, -0.1) is 0 Å². The van der Waals surface area contributed by atoms with Gasteiger partial charge in [-0.2, -0.15) is 0 Å². The van der Waals surface area contributed by atoms with Crippen LogP contribution in [0.25, 0.3) is 0 Å². The summed E-state index contributed by atoms with van der Waals surface area (Å²) in [7, 11) is 3.66. The van der Waals surface area contributed by atoms with Crippen LogP contribution in [0.1, 0.15) is 15.9 Å². The molecule has 1 aromatic carbocycles. The van der Waals surface area contributed by atoms with Crippen LogP contribution in [0.3, 0.4) is 0 Å². The summed E-state index contributed by atoms with van der Waals surface area (Å²) in [6.45, 7) is 1.56. The van der Waals surface area contributed by atoms with Gasteiger partial charge in [-0.3, -0.25) is 0 Å². The van der Waals surface area contributed by atoms with Gasteiger partial charge in [0.1, 0.15) is 12.4 Å². The van der Waals surface area contributed by atoms with Crippen molar-refractivity contribution < 1.29 is 33.3 Å². The average Bonchev–Trinajstić information content (AvgIpc) is 2.67. The summed E-state index contributed by atoms with van der Waals surface area (Å²) in [5.41, 5.74) is 1.15. The number of benzene rings is 1. The molecule has 0 fully saturated rings. The van der Waals surface area contributed by atoms with Gasteiger partial charge >= 0.3 is 17.9 Å². The normalized spacial score (nSPS) is 14.1. The number of hydrogen-bond acceptors (Lipinski definition) is 8. The molecule has 140 valence electrons. The largest absolute Gasteiger partial charge is 0.466 e. The number of carbonyl (C=O) groups excluding carboxylic acids is 3. The molecule has 2 rings (SSSR count). The SMILES string of the molecule is COC(=O)C1=C(C(=O)OC)N(c2ccc(Br)c(C)c2C(=O)OC)COC1. The lowest BCUT2D eigenvalue weighted by Gasteiger charge is -2.32. The molecule has 1 aliphatic heterocycles. The van der Waals surface area contributed by atoms with Crippen molar-refractivity contribution in [2.75, 3.05) is 39.6 Å². The van der Waals surface area contributed by atoms with E-state index in [9.17, 15) is 14.4 Å². The van der Waals surface area contributed by atoms with E-state index in [1.54, 1.807) is 19.1 Å². The van der Waals surface area contributed by atoms with Crippen LogP contribution in [0.15, 0.2) is 27.9 Å². The zero-order valence-electron chi connectivity index (χ0n) is 14.8. The van der Waals surface area contributed by atoms with Crippen molar-refractivity contribution in [1.82, 2.24) is 0 Å². The molecule has 0 saturated carbocycles. The van der Waals surface area contributed by atoms with Crippen molar-refractivity contribution in [2.45, 2.75) is 6.92 Å². The molecule has 0 radical (unpaired) electrons. The Balaban J connectivity index is 2.73. The Morgan fingerprint density at radius 1 is 1.04 bits per heavy atom. The van der Waals surface area contributed by atoms with Gasteiger partial charge in [-0.1, -0.05) is 15.9 Å². The number of rotatable bonds is 4. The van der Waals surface area contributed by atoms with E-state index in [0.717, 1.165) is 0 Å². The lowest BCUT2D eigenvalue weighted by Crippen LogP contribution is -2.39. The second-order valence-electron chi connectivity index (χ2n) is 5.27. The molecule has 0 aliphatic carbocycles. The highest BCUT2D eigenvalue weighted by Crippen LogP contribution is 2.34. The third kappa shape index (κ3) is 3.58. The van der Waals surface area contributed by atoms with E-state index >= 15 is 0 Å². The van der Waals surface area contributed by atoms with E-state index in [1.165, 1.54) is 26.2 Å². The van der Waals surface area contributed by atoms with Crippen molar-refractivity contribution in [2.24, 2.45) is 0 Å². The fourth-order valence-electron chi connectivity index (χ4n) is 2.59. The lowest BCUT2D eigenvalue weighted by molar-refractivity contribution is -0.140. The van der Waals surface area contributed by atoms with Crippen LogP contribution in [0, 0.1) is 6.92 Å². The highest BCUT2D eigenvalue weighted by atomic mass is 79.9. The molecule has 1 heterocycles. The Hall–Kier alpha value is -2.39. The van der Waals surface area contributed by atoms with E-state index in [1.807, 2.05) is 0 Å². The van der Waals surface area contributed by atoms with Gasteiger partial charge < -0.3 is 23.8 Å². The lowest BCUT2D eigenvalue weighted by atomic mass is 10.0. The van der Waals surface area contributed by atoms with Crippen LogP contribution in [0.2, 0.25) is 0 Å². The van der Waals surface area contributed by atoms with Crippen LogP contribution in [0.5, 0.6) is 0 Å². The smallest absolute Gasteiger partial charge is 0.355 e. The van der Waals surface area contributed by atoms with Crippen molar-refractivity contribution in [3.05, 3.63) is 39.0 Å². The van der Waals surface area contributed by atoms with Gasteiger partial charge in [0.05, 0.1) is 44.8 Å². The van der Waals surface area contributed by atoms with Crippen LogP contribution < -0.4 is 4.90 Å². The van der Waals surface area contributed by atoms with Crippen LogP contribution >= 0.6 is 15.9 Å². The topological polar surface area (TPSA) is 91.4 Å². The monoisotopic (exact) mass is 427 g/mol. The molecule has 9 heteroatoms. The molecule has 0 atom stereocenters. The zero-order valence-corrected chi connectivity index (χ0v) is 16.3. The zero-order chi connectivity index (χ0) is 19.4. The van der Waals surface area contributed by atoms with Gasteiger partial charge in [-0.05, 0) is 24.6 Å².